The van der Waals surface area contributed by atoms with Crippen LogP contribution in [0.25, 0.3) is 0 Å². The predicted molar refractivity (Wildman–Crippen MR) is 126 cm³/mol. The maximum atomic E-state index is 12.6. The van der Waals surface area contributed by atoms with E-state index in [4.69, 9.17) is 9.47 Å². The van der Waals surface area contributed by atoms with E-state index in [1.807, 2.05) is 45.9 Å². The quantitative estimate of drug-likeness (QED) is 0.646. The van der Waals surface area contributed by atoms with Crippen molar-refractivity contribution in [1.29, 1.82) is 0 Å². The monoisotopic (exact) mass is 460 g/mol. The summed E-state index contributed by atoms with van der Waals surface area (Å²) >= 11 is 0. The van der Waals surface area contributed by atoms with Gasteiger partial charge in [-0.25, -0.2) is 8.42 Å². The molecule has 32 heavy (non-hydrogen) atoms. The Hall–Kier alpha value is -2.74. The number of sulfonamides is 1. The Morgan fingerprint density at radius 1 is 1.06 bits per heavy atom. The zero-order valence-electron chi connectivity index (χ0n) is 19.1. The second-order valence-electron chi connectivity index (χ2n) is 8.47. The summed E-state index contributed by atoms with van der Waals surface area (Å²) in [5, 5.41) is 0. The van der Waals surface area contributed by atoms with E-state index in [0.717, 1.165) is 16.9 Å². The number of nitrogens with one attached hydrogen (secondary N) is 1. The number of piperidine rings is 1. The van der Waals surface area contributed by atoms with Crippen LogP contribution in [0.1, 0.15) is 37.8 Å². The molecule has 3 rings (SSSR count). The van der Waals surface area contributed by atoms with E-state index in [-0.39, 0.29) is 12.2 Å². The molecule has 2 aromatic carbocycles. The first-order chi connectivity index (χ1) is 15.1. The zero-order chi connectivity index (χ0) is 23.3. The molecule has 0 unspecified atom stereocenters. The number of hydrogen-bond acceptors (Lipinski definition) is 5. The summed E-state index contributed by atoms with van der Waals surface area (Å²) in [5.41, 5.74) is 2.57. The van der Waals surface area contributed by atoms with Gasteiger partial charge < -0.3 is 14.4 Å². The van der Waals surface area contributed by atoms with Crippen molar-refractivity contribution in [3.8, 4) is 11.5 Å². The van der Waals surface area contributed by atoms with Gasteiger partial charge in [-0.3, -0.25) is 9.52 Å². The fourth-order valence-corrected chi connectivity index (χ4v) is 4.79. The number of nitrogens with zero attached hydrogens (tertiary/aromatic N) is 1. The van der Waals surface area contributed by atoms with Crippen LogP contribution >= 0.6 is 0 Å². The summed E-state index contributed by atoms with van der Waals surface area (Å²) in [6.45, 7) is 8.83. The average Bonchev–Trinajstić information content (AvgIpc) is 2.72. The van der Waals surface area contributed by atoms with E-state index in [0.29, 0.717) is 37.4 Å². The number of carbonyl (C=O) groups is 1. The molecule has 1 fully saturated rings. The summed E-state index contributed by atoms with van der Waals surface area (Å²) in [7, 11) is -3.81. The lowest BCUT2D eigenvalue weighted by molar-refractivity contribution is -0.130. The maximum absolute atomic E-state index is 12.6. The van der Waals surface area contributed by atoms with Gasteiger partial charge in [-0.2, -0.15) is 0 Å². The molecule has 0 spiro atoms. The lowest BCUT2D eigenvalue weighted by Crippen LogP contribution is -2.44. The summed E-state index contributed by atoms with van der Waals surface area (Å²) < 4.78 is 39.2. The number of aryl methyl sites for hydroxylation is 2. The molecule has 0 aromatic heterocycles. The lowest BCUT2D eigenvalue weighted by Gasteiger charge is -2.32. The minimum absolute atomic E-state index is 0.0140. The number of benzene rings is 2. The highest BCUT2D eigenvalue weighted by atomic mass is 32.2. The van der Waals surface area contributed by atoms with E-state index in [2.05, 4.69) is 4.72 Å². The van der Waals surface area contributed by atoms with Crippen LogP contribution in [0.4, 0.5) is 5.69 Å². The number of para-hydroxylation sites is 1. The molecule has 8 heteroatoms. The molecule has 0 saturated carbocycles. The topological polar surface area (TPSA) is 84.9 Å². The van der Waals surface area contributed by atoms with Gasteiger partial charge in [0, 0.05) is 31.6 Å². The Balaban J connectivity index is 1.50. The van der Waals surface area contributed by atoms with Gasteiger partial charge in [-0.05, 0) is 63.1 Å². The Morgan fingerprint density at radius 2 is 1.66 bits per heavy atom. The molecule has 1 amide bonds. The highest BCUT2D eigenvalue weighted by Crippen LogP contribution is 2.26. The first kappa shape index (κ1) is 23.9. The van der Waals surface area contributed by atoms with Crippen molar-refractivity contribution < 1.29 is 22.7 Å². The van der Waals surface area contributed by atoms with Crippen LogP contribution < -0.4 is 14.2 Å². The van der Waals surface area contributed by atoms with Crippen LogP contribution in [0.2, 0.25) is 0 Å². The molecule has 174 valence electrons. The van der Waals surface area contributed by atoms with Crippen molar-refractivity contribution in [3.63, 3.8) is 0 Å². The number of ether oxygens (including phenoxy) is 2. The molecule has 0 atom stereocenters. The van der Waals surface area contributed by atoms with Crippen molar-refractivity contribution in [2.75, 3.05) is 23.6 Å². The molecule has 0 bridgehead atoms. The van der Waals surface area contributed by atoms with Gasteiger partial charge in [-0.15, -0.1) is 0 Å². The SMILES string of the molecule is Cc1cccc(C)c1OC1CCN(C(=O)CS(=O)(=O)Nc2ccc(OC(C)C)cc2)CC1. The molecule has 1 heterocycles. The first-order valence-corrected chi connectivity index (χ1v) is 12.6. The molecule has 1 aliphatic rings. The minimum atomic E-state index is -3.81. The number of likely N-dealkylation sites (tertiary alicyclic amines) is 1. The van der Waals surface area contributed by atoms with E-state index in [1.165, 1.54) is 0 Å². The fourth-order valence-electron chi connectivity index (χ4n) is 3.72. The van der Waals surface area contributed by atoms with E-state index in [9.17, 15) is 13.2 Å². The van der Waals surface area contributed by atoms with Gasteiger partial charge in [0.1, 0.15) is 23.4 Å². The number of anilines is 1. The van der Waals surface area contributed by atoms with Crippen molar-refractivity contribution >= 4 is 21.6 Å². The molecule has 2 aromatic rings. The van der Waals surface area contributed by atoms with Gasteiger partial charge in [0.2, 0.25) is 15.9 Å². The normalized spacial score (nSPS) is 15.0. The number of rotatable bonds is 8. The third-order valence-corrected chi connectivity index (χ3v) is 6.47. The van der Waals surface area contributed by atoms with Crippen molar-refractivity contribution in [2.24, 2.45) is 0 Å². The number of amides is 1. The Kier molecular flexibility index (Phi) is 7.66. The minimum Gasteiger partial charge on any atom is -0.491 e. The zero-order valence-corrected chi connectivity index (χ0v) is 19.9. The molecular formula is C24H32N2O5S. The Bertz CT molecular complexity index is 1010. The largest absolute Gasteiger partial charge is 0.491 e. The number of carbonyl (C=O) groups excluding carboxylic acids is 1. The molecule has 7 nitrogen and oxygen atoms in total. The van der Waals surface area contributed by atoms with E-state index < -0.39 is 21.7 Å². The standard InChI is InChI=1S/C24H32N2O5S/c1-17(2)30-21-10-8-20(9-11-21)25-32(28,29)16-23(27)26-14-12-22(13-15-26)31-24-18(3)6-5-7-19(24)4/h5-11,17,22,25H,12-16H2,1-4H3. The second kappa shape index (κ2) is 10.3. The molecule has 1 aliphatic heterocycles. The van der Waals surface area contributed by atoms with Crippen molar-refractivity contribution in [3.05, 3.63) is 53.6 Å². The van der Waals surface area contributed by atoms with Crippen LogP contribution in [0.5, 0.6) is 11.5 Å². The van der Waals surface area contributed by atoms with Gasteiger partial charge in [0.15, 0.2) is 0 Å². The highest BCUT2D eigenvalue weighted by Gasteiger charge is 2.27. The van der Waals surface area contributed by atoms with Crippen molar-refractivity contribution in [1.82, 2.24) is 4.90 Å². The average molecular weight is 461 g/mol. The van der Waals surface area contributed by atoms with Gasteiger partial charge in [0.25, 0.3) is 0 Å². The van der Waals surface area contributed by atoms with Crippen LogP contribution in [0.15, 0.2) is 42.5 Å². The highest BCUT2D eigenvalue weighted by molar-refractivity contribution is 7.93. The summed E-state index contributed by atoms with van der Waals surface area (Å²) in [6.07, 6.45) is 1.39. The molecule has 1 N–H and O–H groups in total. The van der Waals surface area contributed by atoms with Gasteiger partial charge in [0.05, 0.1) is 6.10 Å². The van der Waals surface area contributed by atoms with Crippen molar-refractivity contribution in [2.45, 2.75) is 52.7 Å². The lowest BCUT2D eigenvalue weighted by atomic mass is 10.1. The van der Waals surface area contributed by atoms with Crippen LogP contribution in [0.3, 0.4) is 0 Å². The van der Waals surface area contributed by atoms with Crippen LogP contribution in [-0.2, 0) is 14.8 Å². The summed E-state index contributed by atoms with van der Waals surface area (Å²) in [6, 6.07) is 12.7. The van der Waals surface area contributed by atoms with Gasteiger partial charge >= 0.3 is 0 Å². The fraction of sp³-hybridized carbons (Fsp3) is 0.458. The van der Waals surface area contributed by atoms with E-state index >= 15 is 0 Å². The third kappa shape index (κ3) is 6.63. The van der Waals surface area contributed by atoms with Crippen LogP contribution in [-0.4, -0.2) is 50.3 Å². The van der Waals surface area contributed by atoms with Gasteiger partial charge in [-0.1, -0.05) is 18.2 Å². The third-order valence-electron chi connectivity index (χ3n) is 5.30. The second-order valence-corrected chi connectivity index (χ2v) is 10.2. The summed E-state index contributed by atoms with van der Waals surface area (Å²) in [5.74, 6) is 0.571. The molecular weight excluding hydrogens is 428 g/mol. The molecule has 1 saturated heterocycles. The smallest absolute Gasteiger partial charge is 0.241 e. The predicted octanol–water partition coefficient (Wildman–Crippen LogP) is 3.90. The first-order valence-electron chi connectivity index (χ1n) is 10.9. The Labute approximate surface area is 190 Å². The molecule has 0 aliphatic carbocycles. The van der Waals surface area contributed by atoms with Crippen LogP contribution in [0, 0.1) is 13.8 Å². The number of hydrogen-bond donors (Lipinski definition) is 1. The van der Waals surface area contributed by atoms with E-state index in [1.54, 1.807) is 29.2 Å². The Morgan fingerprint density at radius 3 is 2.22 bits per heavy atom. The summed E-state index contributed by atoms with van der Waals surface area (Å²) in [4.78, 5) is 14.2. The molecule has 0 radical (unpaired) electrons. The maximum Gasteiger partial charge on any atom is 0.241 e.